The summed E-state index contributed by atoms with van der Waals surface area (Å²) in [7, 11) is 2.05. The van der Waals surface area contributed by atoms with Crippen LogP contribution in [0.2, 0.25) is 0 Å². The summed E-state index contributed by atoms with van der Waals surface area (Å²) < 4.78 is 5.57. The minimum absolute atomic E-state index is 0.0716. The predicted molar refractivity (Wildman–Crippen MR) is 57.1 cm³/mol. The van der Waals surface area contributed by atoms with Crippen molar-refractivity contribution in [3.05, 3.63) is 0 Å². The van der Waals surface area contributed by atoms with E-state index in [2.05, 4.69) is 32.7 Å². The summed E-state index contributed by atoms with van der Waals surface area (Å²) >= 11 is 0. The SMILES string of the molecule is CCN(C)CCO[C@]1(O)CCC1(C)C. The lowest BCUT2D eigenvalue weighted by atomic mass is 9.66. The molecule has 3 nitrogen and oxygen atoms in total. The van der Waals surface area contributed by atoms with Gasteiger partial charge in [0.25, 0.3) is 0 Å². The van der Waals surface area contributed by atoms with Crippen molar-refractivity contribution < 1.29 is 9.84 Å². The molecule has 0 aromatic rings. The number of nitrogens with zero attached hydrogens (tertiary/aromatic N) is 1. The molecule has 3 heteroatoms. The van der Waals surface area contributed by atoms with Crippen molar-refractivity contribution in [3.8, 4) is 0 Å². The van der Waals surface area contributed by atoms with Crippen LogP contribution in [0, 0.1) is 5.41 Å². The van der Waals surface area contributed by atoms with Gasteiger partial charge in [-0.05, 0) is 20.0 Å². The summed E-state index contributed by atoms with van der Waals surface area (Å²) in [6, 6.07) is 0. The van der Waals surface area contributed by atoms with Crippen molar-refractivity contribution in [1.29, 1.82) is 0 Å². The fourth-order valence-electron chi connectivity index (χ4n) is 1.63. The molecule has 0 aliphatic heterocycles. The largest absolute Gasteiger partial charge is 0.365 e. The highest BCUT2D eigenvalue weighted by molar-refractivity contribution is 4.96. The standard InChI is InChI=1S/C11H23NO2/c1-5-12(4)8-9-14-11(13)7-6-10(11,2)3/h13H,5-9H2,1-4H3/t11-/m1/s1. The maximum Gasteiger partial charge on any atom is 0.170 e. The van der Waals surface area contributed by atoms with E-state index >= 15 is 0 Å². The maximum atomic E-state index is 10.1. The Morgan fingerprint density at radius 1 is 1.36 bits per heavy atom. The first kappa shape index (κ1) is 12.0. The number of hydrogen-bond donors (Lipinski definition) is 1. The van der Waals surface area contributed by atoms with Crippen molar-refractivity contribution in [2.45, 2.75) is 39.4 Å². The first-order chi connectivity index (χ1) is 6.41. The highest BCUT2D eigenvalue weighted by Crippen LogP contribution is 2.49. The van der Waals surface area contributed by atoms with Crippen LogP contribution in [-0.4, -0.2) is 42.5 Å². The van der Waals surface area contributed by atoms with E-state index in [-0.39, 0.29) is 5.41 Å². The van der Waals surface area contributed by atoms with E-state index in [9.17, 15) is 5.11 Å². The Balaban J connectivity index is 2.25. The average Bonchev–Trinajstić information content (AvgIpc) is 2.15. The van der Waals surface area contributed by atoms with Crippen LogP contribution in [0.1, 0.15) is 33.6 Å². The average molecular weight is 201 g/mol. The summed E-state index contributed by atoms with van der Waals surface area (Å²) in [5, 5.41) is 10.1. The first-order valence-electron chi connectivity index (χ1n) is 5.46. The Kier molecular flexibility index (Phi) is 3.56. The summed E-state index contributed by atoms with van der Waals surface area (Å²) in [5.74, 6) is -0.873. The second-order valence-corrected chi connectivity index (χ2v) is 4.91. The maximum absolute atomic E-state index is 10.1. The third-order valence-electron chi connectivity index (χ3n) is 3.50. The van der Waals surface area contributed by atoms with Crippen molar-refractivity contribution in [1.82, 2.24) is 4.90 Å². The predicted octanol–water partition coefficient (Wildman–Crippen LogP) is 1.46. The fourth-order valence-corrected chi connectivity index (χ4v) is 1.63. The van der Waals surface area contributed by atoms with Crippen LogP contribution in [0.4, 0.5) is 0 Å². The van der Waals surface area contributed by atoms with E-state index < -0.39 is 5.79 Å². The van der Waals surface area contributed by atoms with Crippen LogP contribution in [0.25, 0.3) is 0 Å². The molecule has 0 saturated heterocycles. The zero-order valence-electron chi connectivity index (χ0n) is 9.84. The molecule has 0 radical (unpaired) electrons. The number of likely N-dealkylation sites (N-methyl/N-ethyl adjacent to an activating group) is 1. The van der Waals surface area contributed by atoms with Crippen molar-refractivity contribution in [3.63, 3.8) is 0 Å². The Bertz CT molecular complexity index is 194. The third-order valence-corrected chi connectivity index (χ3v) is 3.50. The molecule has 0 heterocycles. The summed E-state index contributed by atoms with van der Waals surface area (Å²) in [6.45, 7) is 8.74. The topological polar surface area (TPSA) is 32.7 Å². The lowest BCUT2D eigenvalue weighted by molar-refractivity contribution is -0.318. The molecule has 0 aromatic carbocycles. The van der Waals surface area contributed by atoms with E-state index in [4.69, 9.17) is 4.74 Å². The molecule has 84 valence electrons. The normalized spacial score (nSPS) is 30.4. The van der Waals surface area contributed by atoms with Gasteiger partial charge in [0.2, 0.25) is 0 Å². The molecule has 1 N–H and O–H groups in total. The smallest absolute Gasteiger partial charge is 0.170 e. The molecular formula is C11H23NO2. The Morgan fingerprint density at radius 3 is 2.36 bits per heavy atom. The van der Waals surface area contributed by atoms with Gasteiger partial charge in [0.15, 0.2) is 5.79 Å². The molecule has 14 heavy (non-hydrogen) atoms. The van der Waals surface area contributed by atoms with Crippen molar-refractivity contribution >= 4 is 0 Å². The quantitative estimate of drug-likeness (QED) is 0.684. The highest BCUT2D eigenvalue weighted by atomic mass is 16.6. The van der Waals surface area contributed by atoms with Gasteiger partial charge in [0, 0.05) is 18.4 Å². The number of rotatable bonds is 5. The zero-order valence-corrected chi connectivity index (χ0v) is 9.84. The van der Waals surface area contributed by atoms with Crippen LogP contribution in [0.5, 0.6) is 0 Å². The fraction of sp³-hybridized carbons (Fsp3) is 1.00. The van der Waals surface area contributed by atoms with E-state index in [1.807, 2.05) is 0 Å². The Hall–Kier alpha value is -0.120. The van der Waals surface area contributed by atoms with Crippen LogP contribution >= 0.6 is 0 Å². The van der Waals surface area contributed by atoms with Gasteiger partial charge < -0.3 is 14.7 Å². The molecule has 1 aliphatic rings. The van der Waals surface area contributed by atoms with Crippen LogP contribution in [-0.2, 0) is 4.74 Å². The highest BCUT2D eigenvalue weighted by Gasteiger charge is 2.53. The van der Waals surface area contributed by atoms with Gasteiger partial charge in [-0.25, -0.2) is 0 Å². The molecule has 1 rings (SSSR count). The van der Waals surface area contributed by atoms with E-state index in [1.54, 1.807) is 0 Å². The molecule has 1 fully saturated rings. The second kappa shape index (κ2) is 4.17. The monoisotopic (exact) mass is 201 g/mol. The second-order valence-electron chi connectivity index (χ2n) is 4.91. The molecule has 0 amide bonds. The molecule has 1 atom stereocenters. The Labute approximate surface area is 87.1 Å². The third kappa shape index (κ3) is 2.27. The summed E-state index contributed by atoms with van der Waals surface area (Å²) in [4.78, 5) is 2.18. The number of hydrogen-bond acceptors (Lipinski definition) is 3. The molecule has 1 saturated carbocycles. The number of ether oxygens (including phenoxy) is 1. The molecule has 1 aliphatic carbocycles. The van der Waals surface area contributed by atoms with E-state index in [0.717, 1.165) is 25.9 Å². The lowest BCUT2D eigenvalue weighted by Crippen LogP contribution is -2.56. The van der Waals surface area contributed by atoms with Gasteiger partial charge in [0.1, 0.15) is 0 Å². The van der Waals surface area contributed by atoms with Gasteiger partial charge in [-0.2, -0.15) is 0 Å². The van der Waals surface area contributed by atoms with Crippen molar-refractivity contribution in [2.75, 3.05) is 26.7 Å². The van der Waals surface area contributed by atoms with Crippen LogP contribution in [0.3, 0.4) is 0 Å². The minimum Gasteiger partial charge on any atom is -0.365 e. The lowest BCUT2D eigenvalue weighted by Gasteiger charge is -2.51. The summed E-state index contributed by atoms with van der Waals surface area (Å²) in [5.41, 5.74) is -0.0716. The Morgan fingerprint density at radius 2 is 2.00 bits per heavy atom. The summed E-state index contributed by atoms with van der Waals surface area (Å²) in [6.07, 6.45) is 1.82. The molecule has 0 unspecified atom stereocenters. The molecule has 0 spiro atoms. The van der Waals surface area contributed by atoms with Gasteiger partial charge in [-0.1, -0.05) is 20.8 Å². The van der Waals surface area contributed by atoms with Gasteiger partial charge in [-0.3, -0.25) is 0 Å². The van der Waals surface area contributed by atoms with Crippen molar-refractivity contribution in [2.24, 2.45) is 5.41 Å². The zero-order chi connectivity index (χ0) is 10.8. The van der Waals surface area contributed by atoms with E-state index in [0.29, 0.717) is 6.61 Å². The van der Waals surface area contributed by atoms with Gasteiger partial charge in [0.05, 0.1) is 6.61 Å². The van der Waals surface area contributed by atoms with Crippen LogP contribution < -0.4 is 0 Å². The molecule has 0 aromatic heterocycles. The van der Waals surface area contributed by atoms with Gasteiger partial charge in [-0.15, -0.1) is 0 Å². The first-order valence-corrected chi connectivity index (χ1v) is 5.46. The molecular weight excluding hydrogens is 178 g/mol. The van der Waals surface area contributed by atoms with Gasteiger partial charge >= 0.3 is 0 Å². The van der Waals surface area contributed by atoms with Crippen LogP contribution in [0.15, 0.2) is 0 Å². The minimum atomic E-state index is -0.873. The molecule has 0 bridgehead atoms. The van der Waals surface area contributed by atoms with E-state index in [1.165, 1.54) is 0 Å². The number of aliphatic hydroxyl groups is 1.